The van der Waals surface area contributed by atoms with E-state index in [0.29, 0.717) is 5.91 Å². The fourth-order valence-electron chi connectivity index (χ4n) is 4.23. The van der Waals surface area contributed by atoms with Gasteiger partial charge in [0.15, 0.2) is 0 Å². The molecule has 0 unspecified atom stereocenters. The molecule has 2 heterocycles. The molecule has 3 aliphatic rings. The zero-order valence-electron chi connectivity index (χ0n) is 12.6. The van der Waals surface area contributed by atoms with E-state index in [2.05, 4.69) is 34.5 Å². The zero-order chi connectivity index (χ0) is 14.3. The number of benzene rings is 1. The third-order valence-electron chi connectivity index (χ3n) is 5.79. The van der Waals surface area contributed by atoms with E-state index in [-0.39, 0.29) is 5.41 Å². The van der Waals surface area contributed by atoms with Crippen LogP contribution in [0.4, 0.5) is 0 Å². The molecule has 0 bridgehead atoms. The average molecular weight is 284 g/mol. The number of nitrogens with zero attached hydrogens (tertiary/aromatic N) is 1. The molecule has 1 aromatic rings. The molecule has 2 aliphatic heterocycles. The van der Waals surface area contributed by atoms with Gasteiger partial charge in [0, 0.05) is 13.1 Å². The first kappa shape index (κ1) is 13.3. The molecule has 3 heteroatoms. The van der Waals surface area contributed by atoms with Gasteiger partial charge >= 0.3 is 0 Å². The SMILES string of the molecule is O=C(N1CC[C@@H]2CNC[C@@H]2CC1)C1(c2ccccc2)CC1. The summed E-state index contributed by atoms with van der Waals surface area (Å²) >= 11 is 0. The van der Waals surface area contributed by atoms with Gasteiger partial charge in [0.05, 0.1) is 5.41 Å². The Morgan fingerprint density at radius 3 is 2.24 bits per heavy atom. The van der Waals surface area contributed by atoms with E-state index in [1.54, 1.807) is 0 Å². The Balaban J connectivity index is 1.50. The fourth-order valence-corrected chi connectivity index (χ4v) is 4.23. The normalized spacial score (nSPS) is 30.6. The van der Waals surface area contributed by atoms with Crippen molar-refractivity contribution in [1.29, 1.82) is 0 Å². The lowest BCUT2D eigenvalue weighted by molar-refractivity contribution is -0.134. The first-order chi connectivity index (χ1) is 10.3. The molecule has 2 atom stereocenters. The molecule has 1 N–H and O–H groups in total. The van der Waals surface area contributed by atoms with E-state index in [0.717, 1.165) is 50.9 Å². The van der Waals surface area contributed by atoms with Gasteiger partial charge in [0.2, 0.25) is 5.91 Å². The maximum atomic E-state index is 13.1. The molecule has 4 rings (SSSR count). The van der Waals surface area contributed by atoms with Crippen molar-refractivity contribution >= 4 is 5.91 Å². The van der Waals surface area contributed by atoms with Crippen molar-refractivity contribution in [2.24, 2.45) is 11.8 Å². The third kappa shape index (κ3) is 2.28. The number of carbonyl (C=O) groups is 1. The van der Waals surface area contributed by atoms with Gasteiger partial charge in [-0.1, -0.05) is 30.3 Å². The molecule has 1 saturated carbocycles. The Hall–Kier alpha value is -1.35. The van der Waals surface area contributed by atoms with Crippen LogP contribution in [0.25, 0.3) is 0 Å². The topological polar surface area (TPSA) is 32.3 Å². The number of amides is 1. The number of carbonyl (C=O) groups excluding carboxylic acids is 1. The molecular weight excluding hydrogens is 260 g/mol. The van der Waals surface area contributed by atoms with Gasteiger partial charge < -0.3 is 10.2 Å². The van der Waals surface area contributed by atoms with Crippen LogP contribution in [0.5, 0.6) is 0 Å². The second kappa shape index (κ2) is 5.13. The average Bonchev–Trinajstić information content (AvgIpc) is 3.27. The quantitative estimate of drug-likeness (QED) is 0.903. The third-order valence-corrected chi connectivity index (χ3v) is 5.79. The Morgan fingerprint density at radius 1 is 1.05 bits per heavy atom. The monoisotopic (exact) mass is 284 g/mol. The zero-order valence-corrected chi connectivity index (χ0v) is 12.6. The summed E-state index contributed by atoms with van der Waals surface area (Å²) in [6.07, 6.45) is 4.41. The molecule has 0 aromatic heterocycles. The summed E-state index contributed by atoms with van der Waals surface area (Å²) < 4.78 is 0. The lowest BCUT2D eigenvalue weighted by Crippen LogP contribution is -2.40. The fraction of sp³-hybridized carbons (Fsp3) is 0.611. The lowest BCUT2D eigenvalue weighted by Gasteiger charge is -2.26. The van der Waals surface area contributed by atoms with E-state index in [9.17, 15) is 4.79 Å². The van der Waals surface area contributed by atoms with Crippen LogP contribution < -0.4 is 5.32 Å². The van der Waals surface area contributed by atoms with Crippen molar-refractivity contribution in [3.8, 4) is 0 Å². The Labute approximate surface area is 126 Å². The van der Waals surface area contributed by atoms with Crippen molar-refractivity contribution in [2.45, 2.75) is 31.1 Å². The Bertz CT molecular complexity index is 509. The van der Waals surface area contributed by atoms with Gasteiger partial charge in [-0.25, -0.2) is 0 Å². The molecule has 1 aromatic carbocycles. The van der Waals surface area contributed by atoms with Crippen molar-refractivity contribution < 1.29 is 4.79 Å². The molecule has 1 aliphatic carbocycles. The highest BCUT2D eigenvalue weighted by molar-refractivity contribution is 5.91. The number of likely N-dealkylation sites (tertiary alicyclic amines) is 1. The molecule has 21 heavy (non-hydrogen) atoms. The van der Waals surface area contributed by atoms with E-state index in [1.807, 2.05) is 6.07 Å². The van der Waals surface area contributed by atoms with Crippen LogP contribution in [0.3, 0.4) is 0 Å². The molecule has 1 amide bonds. The second-order valence-electron chi connectivity index (χ2n) is 7.00. The lowest BCUT2D eigenvalue weighted by atomic mass is 9.92. The van der Waals surface area contributed by atoms with Crippen molar-refractivity contribution in [1.82, 2.24) is 10.2 Å². The van der Waals surface area contributed by atoms with Crippen LogP contribution >= 0.6 is 0 Å². The smallest absolute Gasteiger partial charge is 0.233 e. The van der Waals surface area contributed by atoms with Crippen molar-refractivity contribution in [2.75, 3.05) is 26.2 Å². The number of nitrogens with one attached hydrogen (secondary N) is 1. The summed E-state index contributed by atoms with van der Waals surface area (Å²) in [4.78, 5) is 15.2. The molecule has 3 fully saturated rings. The van der Waals surface area contributed by atoms with Crippen LogP contribution in [0.2, 0.25) is 0 Å². The van der Waals surface area contributed by atoms with Crippen molar-refractivity contribution in [3.05, 3.63) is 35.9 Å². The van der Waals surface area contributed by atoms with Gasteiger partial charge in [0.25, 0.3) is 0 Å². The predicted molar refractivity (Wildman–Crippen MR) is 83.0 cm³/mol. The molecule has 0 spiro atoms. The van der Waals surface area contributed by atoms with Crippen molar-refractivity contribution in [3.63, 3.8) is 0 Å². The summed E-state index contributed by atoms with van der Waals surface area (Å²) in [5.41, 5.74) is 1.04. The predicted octanol–water partition coefficient (Wildman–Crippen LogP) is 2.18. The maximum absolute atomic E-state index is 13.1. The number of hydrogen-bond acceptors (Lipinski definition) is 2. The summed E-state index contributed by atoms with van der Waals surface area (Å²) in [5.74, 6) is 1.96. The van der Waals surface area contributed by atoms with E-state index >= 15 is 0 Å². The second-order valence-corrected chi connectivity index (χ2v) is 7.00. The van der Waals surface area contributed by atoms with E-state index in [1.165, 1.54) is 18.4 Å². The highest BCUT2D eigenvalue weighted by Gasteiger charge is 2.53. The molecule has 3 nitrogen and oxygen atoms in total. The van der Waals surface area contributed by atoms with Gasteiger partial charge in [-0.15, -0.1) is 0 Å². The molecular formula is C18H24N2O. The first-order valence-electron chi connectivity index (χ1n) is 8.35. The molecule has 0 radical (unpaired) electrons. The van der Waals surface area contributed by atoms with Crippen LogP contribution in [-0.4, -0.2) is 37.0 Å². The van der Waals surface area contributed by atoms with Gasteiger partial charge in [-0.3, -0.25) is 4.79 Å². The van der Waals surface area contributed by atoms with Crippen LogP contribution in [-0.2, 0) is 10.2 Å². The van der Waals surface area contributed by atoms with Gasteiger partial charge in [-0.2, -0.15) is 0 Å². The van der Waals surface area contributed by atoms with Gasteiger partial charge in [-0.05, 0) is 56.2 Å². The van der Waals surface area contributed by atoms with Crippen LogP contribution in [0.15, 0.2) is 30.3 Å². The first-order valence-corrected chi connectivity index (χ1v) is 8.35. The maximum Gasteiger partial charge on any atom is 0.233 e. The Kier molecular flexibility index (Phi) is 3.26. The summed E-state index contributed by atoms with van der Waals surface area (Å²) in [7, 11) is 0. The van der Waals surface area contributed by atoms with Gasteiger partial charge in [0.1, 0.15) is 0 Å². The Morgan fingerprint density at radius 2 is 1.67 bits per heavy atom. The summed E-state index contributed by atoms with van der Waals surface area (Å²) in [6.45, 7) is 4.21. The largest absolute Gasteiger partial charge is 0.342 e. The van der Waals surface area contributed by atoms with Crippen LogP contribution in [0, 0.1) is 11.8 Å². The highest BCUT2D eigenvalue weighted by Crippen LogP contribution is 2.49. The van der Waals surface area contributed by atoms with Crippen LogP contribution in [0.1, 0.15) is 31.2 Å². The minimum absolute atomic E-state index is 0.182. The molecule has 2 saturated heterocycles. The standard InChI is InChI=1S/C18H24N2O/c21-17(18(8-9-18)16-4-2-1-3-5-16)20-10-6-14-12-19-13-15(14)7-11-20/h1-5,14-15,19H,6-13H2/t14-,15+. The minimum Gasteiger partial charge on any atom is -0.342 e. The number of hydrogen-bond donors (Lipinski definition) is 1. The molecule has 112 valence electrons. The van der Waals surface area contributed by atoms with E-state index in [4.69, 9.17) is 0 Å². The number of rotatable bonds is 2. The summed E-state index contributed by atoms with van der Waals surface area (Å²) in [6, 6.07) is 10.4. The number of fused-ring (bicyclic) bond motifs is 1. The van der Waals surface area contributed by atoms with E-state index < -0.39 is 0 Å². The minimum atomic E-state index is -0.182. The highest BCUT2D eigenvalue weighted by atomic mass is 16.2. The summed E-state index contributed by atoms with van der Waals surface area (Å²) in [5, 5.41) is 3.50.